The lowest BCUT2D eigenvalue weighted by molar-refractivity contribution is 0.0695. The molecule has 0 unspecified atom stereocenters. The molecule has 0 aromatic carbocycles. The molecule has 2 aromatic heterocycles. The van der Waals surface area contributed by atoms with Crippen LogP contribution >= 0.6 is 15.9 Å². The molecule has 2 heterocycles. The molecule has 7 heteroatoms. The van der Waals surface area contributed by atoms with Gasteiger partial charge in [-0.25, -0.2) is 4.79 Å². The third kappa shape index (κ3) is 2.37. The Balaban J connectivity index is 2.43. The van der Waals surface area contributed by atoms with Gasteiger partial charge in [0.05, 0.1) is 33.8 Å². The summed E-state index contributed by atoms with van der Waals surface area (Å²) in [7, 11) is 1.88. The third-order valence-electron chi connectivity index (χ3n) is 3.40. The number of carboxylic acid groups (broad SMARTS) is 1. The lowest BCUT2D eigenvalue weighted by atomic mass is 10.2. The fraction of sp³-hybridized carbons (Fsp3) is 0.462. The van der Waals surface area contributed by atoms with E-state index in [1.807, 2.05) is 14.0 Å². The second kappa shape index (κ2) is 5.40. The van der Waals surface area contributed by atoms with E-state index in [1.54, 1.807) is 23.2 Å². The Morgan fingerprint density at radius 3 is 2.45 bits per heavy atom. The fourth-order valence-corrected chi connectivity index (χ4v) is 3.04. The van der Waals surface area contributed by atoms with Gasteiger partial charge in [0, 0.05) is 7.05 Å². The highest BCUT2D eigenvalue weighted by atomic mass is 79.9. The van der Waals surface area contributed by atoms with Crippen LogP contribution in [-0.2, 0) is 20.0 Å². The predicted molar refractivity (Wildman–Crippen MR) is 78.0 cm³/mol. The molecule has 1 N–H and O–H groups in total. The van der Waals surface area contributed by atoms with Crippen LogP contribution in [0.15, 0.2) is 4.47 Å². The molecule has 0 saturated heterocycles. The van der Waals surface area contributed by atoms with Gasteiger partial charge < -0.3 is 5.11 Å². The van der Waals surface area contributed by atoms with Crippen LogP contribution in [0.25, 0.3) is 0 Å². The maximum absolute atomic E-state index is 11.2. The van der Waals surface area contributed by atoms with Gasteiger partial charge in [0.15, 0.2) is 0 Å². The summed E-state index contributed by atoms with van der Waals surface area (Å²) in [6.45, 7) is 6.02. The summed E-state index contributed by atoms with van der Waals surface area (Å²) in [5, 5.41) is 17.9. The largest absolute Gasteiger partial charge is 0.478 e. The van der Waals surface area contributed by atoms with E-state index in [2.05, 4.69) is 26.1 Å². The number of hydrogen-bond acceptors (Lipinski definition) is 3. The number of rotatable bonds is 4. The van der Waals surface area contributed by atoms with Gasteiger partial charge in [0.2, 0.25) is 0 Å². The number of aromatic carboxylic acids is 1. The molecule has 0 aliphatic carbocycles. The lowest BCUT2D eigenvalue weighted by Gasteiger charge is -2.06. The van der Waals surface area contributed by atoms with Crippen molar-refractivity contribution in [2.75, 3.05) is 0 Å². The first-order valence-corrected chi connectivity index (χ1v) is 7.13. The van der Waals surface area contributed by atoms with Crippen molar-refractivity contribution in [3.8, 4) is 0 Å². The Bertz CT molecular complexity index is 672. The smallest absolute Gasteiger partial charge is 0.339 e. The number of nitrogens with zero attached hydrogens (tertiary/aromatic N) is 4. The van der Waals surface area contributed by atoms with Crippen LogP contribution < -0.4 is 0 Å². The molecule has 0 bridgehead atoms. The summed E-state index contributed by atoms with van der Waals surface area (Å²) >= 11 is 3.56. The van der Waals surface area contributed by atoms with Gasteiger partial charge in [-0.2, -0.15) is 10.2 Å². The van der Waals surface area contributed by atoms with Crippen molar-refractivity contribution in [2.24, 2.45) is 7.05 Å². The minimum absolute atomic E-state index is 0.277. The van der Waals surface area contributed by atoms with Crippen LogP contribution in [0.4, 0.5) is 0 Å². The van der Waals surface area contributed by atoms with Crippen molar-refractivity contribution in [3.63, 3.8) is 0 Å². The average Bonchev–Trinajstić information content (AvgIpc) is 2.80. The molecule has 0 aliphatic heterocycles. The van der Waals surface area contributed by atoms with Crippen LogP contribution in [0.1, 0.15) is 40.1 Å². The number of hydrogen-bond donors (Lipinski definition) is 1. The minimum Gasteiger partial charge on any atom is -0.478 e. The van der Waals surface area contributed by atoms with Gasteiger partial charge in [-0.3, -0.25) is 9.36 Å². The van der Waals surface area contributed by atoms with Crippen molar-refractivity contribution >= 4 is 21.9 Å². The quantitative estimate of drug-likeness (QED) is 0.926. The van der Waals surface area contributed by atoms with E-state index >= 15 is 0 Å². The molecule has 6 nitrogen and oxygen atoms in total. The molecule has 20 heavy (non-hydrogen) atoms. The van der Waals surface area contributed by atoms with Crippen molar-refractivity contribution < 1.29 is 9.90 Å². The Labute approximate surface area is 125 Å². The lowest BCUT2D eigenvalue weighted by Crippen LogP contribution is -2.09. The van der Waals surface area contributed by atoms with Gasteiger partial charge in [0.1, 0.15) is 5.56 Å². The normalized spacial score (nSPS) is 11.1. The van der Waals surface area contributed by atoms with Crippen LogP contribution in [-0.4, -0.2) is 30.6 Å². The highest BCUT2D eigenvalue weighted by molar-refractivity contribution is 9.10. The van der Waals surface area contributed by atoms with Crippen LogP contribution in [0.3, 0.4) is 0 Å². The van der Waals surface area contributed by atoms with E-state index in [1.165, 1.54) is 0 Å². The number of halogens is 1. The summed E-state index contributed by atoms with van der Waals surface area (Å²) in [5.74, 6) is -0.940. The molecule has 0 amide bonds. The first-order valence-electron chi connectivity index (χ1n) is 6.34. The molecule has 0 spiro atoms. The van der Waals surface area contributed by atoms with Crippen molar-refractivity contribution in [2.45, 2.75) is 33.7 Å². The molecule has 0 saturated carbocycles. The minimum atomic E-state index is -0.940. The highest BCUT2D eigenvalue weighted by Gasteiger charge is 2.20. The van der Waals surface area contributed by atoms with E-state index < -0.39 is 5.97 Å². The number of carboxylic acids is 1. The van der Waals surface area contributed by atoms with Gasteiger partial charge in [-0.1, -0.05) is 6.92 Å². The monoisotopic (exact) mass is 340 g/mol. The molecule has 0 radical (unpaired) electrons. The second-order valence-corrected chi connectivity index (χ2v) is 5.49. The molecular formula is C13H17BrN4O2. The summed E-state index contributed by atoms with van der Waals surface area (Å²) in [4.78, 5) is 11.2. The Morgan fingerprint density at radius 2 is 2.00 bits per heavy atom. The molecule has 0 fully saturated rings. The first kappa shape index (κ1) is 14.8. The zero-order valence-corrected chi connectivity index (χ0v) is 13.5. The van der Waals surface area contributed by atoms with E-state index in [0.29, 0.717) is 17.9 Å². The SMILES string of the molecule is CCc1nn(C)c(Cn2nc(C)c(C(=O)O)c2C)c1Br. The van der Waals surface area contributed by atoms with E-state index in [0.717, 1.165) is 22.3 Å². The van der Waals surface area contributed by atoms with Crippen molar-refractivity contribution in [1.29, 1.82) is 0 Å². The molecule has 108 valence electrons. The summed E-state index contributed by atoms with van der Waals surface area (Å²) < 4.78 is 4.48. The topological polar surface area (TPSA) is 72.9 Å². The molecule has 0 atom stereocenters. The van der Waals surface area contributed by atoms with Gasteiger partial charge in [0.25, 0.3) is 0 Å². The Kier molecular flexibility index (Phi) is 3.99. The van der Waals surface area contributed by atoms with E-state index in [4.69, 9.17) is 0 Å². The second-order valence-electron chi connectivity index (χ2n) is 4.69. The number of aryl methyl sites for hydroxylation is 3. The number of carbonyl (C=O) groups is 1. The summed E-state index contributed by atoms with van der Waals surface area (Å²) in [6.07, 6.45) is 0.839. The highest BCUT2D eigenvalue weighted by Crippen LogP contribution is 2.23. The number of aromatic nitrogens is 4. The zero-order chi connectivity index (χ0) is 15.0. The maximum atomic E-state index is 11.2. The molecule has 2 rings (SSSR count). The van der Waals surface area contributed by atoms with Gasteiger partial charge >= 0.3 is 5.97 Å². The van der Waals surface area contributed by atoms with Gasteiger partial charge in [-0.05, 0) is 36.2 Å². The maximum Gasteiger partial charge on any atom is 0.339 e. The van der Waals surface area contributed by atoms with E-state index in [-0.39, 0.29) is 5.56 Å². The third-order valence-corrected chi connectivity index (χ3v) is 4.31. The van der Waals surface area contributed by atoms with Gasteiger partial charge in [-0.15, -0.1) is 0 Å². The van der Waals surface area contributed by atoms with Crippen LogP contribution in [0.5, 0.6) is 0 Å². The molecular weight excluding hydrogens is 324 g/mol. The molecule has 0 aliphatic rings. The predicted octanol–water partition coefficient (Wildman–Crippen LogP) is 2.30. The molecule has 2 aromatic rings. The van der Waals surface area contributed by atoms with E-state index in [9.17, 15) is 9.90 Å². The summed E-state index contributed by atoms with van der Waals surface area (Å²) in [6, 6.07) is 0. The van der Waals surface area contributed by atoms with Crippen molar-refractivity contribution in [1.82, 2.24) is 19.6 Å². The Hall–Kier alpha value is -1.63. The first-order chi connectivity index (χ1) is 9.36. The Morgan fingerprint density at radius 1 is 1.35 bits per heavy atom. The average molecular weight is 341 g/mol. The standard InChI is InChI=1S/C13H17BrN4O2/c1-5-9-12(14)10(17(4)16-9)6-18-8(3)11(13(19)20)7(2)15-18/h5-6H2,1-4H3,(H,19,20). The fourth-order valence-electron chi connectivity index (χ4n) is 2.29. The summed E-state index contributed by atoms with van der Waals surface area (Å²) in [5.41, 5.74) is 3.43. The van der Waals surface area contributed by atoms with Crippen LogP contribution in [0, 0.1) is 13.8 Å². The van der Waals surface area contributed by atoms with Crippen LogP contribution in [0.2, 0.25) is 0 Å². The zero-order valence-electron chi connectivity index (χ0n) is 11.9. The van der Waals surface area contributed by atoms with Crippen molar-refractivity contribution in [3.05, 3.63) is 32.8 Å².